The number of hydrogen-bond donors (Lipinski definition) is 2. The summed E-state index contributed by atoms with van der Waals surface area (Å²) < 4.78 is 0. The maximum atomic E-state index is 11.0. The van der Waals surface area contributed by atoms with E-state index in [-0.39, 0.29) is 0 Å². The van der Waals surface area contributed by atoms with Crippen molar-refractivity contribution in [2.45, 2.75) is 20.3 Å². The molecule has 88 valence electrons. The Morgan fingerprint density at radius 3 is 2.82 bits per heavy atom. The van der Waals surface area contributed by atoms with Gasteiger partial charge in [-0.3, -0.25) is 0 Å². The highest BCUT2D eigenvalue weighted by Gasteiger charge is 2.11. The summed E-state index contributed by atoms with van der Waals surface area (Å²) in [6.45, 7) is 4.11. The first-order chi connectivity index (χ1) is 8.09. The van der Waals surface area contributed by atoms with Crippen LogP contribution in [0.1, 0.15) is 29.8 Å². The number of hydrogen-bond acceptors (Lipinski definition) is 1. The number of rotatable bonds is 3. The number of nitrogens with one attached hydrogen (secondary N) is 1. The van der Waals surface area contributed by atoms with Crippen LogP contribution in [0.15, 0.2) is 36.0 Å². The van der Waals surface area contributed by atoms with Crippen molar-refractivity contribution in [3.05, 3.63) is 47.2 Å². The Morgan fingerprint density at radius 2 is 2.18 bits per heavy atom. The highest BCUT2D eigenvalue weighted by atomic mass is 16.4. The first kappa shape index (κ1) is 11.5. The van der Waals surface area contributed by atoms with E-state index in [1.54, 1.807) is 6.20 Å². The molecule has 3 nitrogen and oxygen atoms in total. The van der Waals surface area contributed by atoms with Gasteiger partial charge in [0.1, 0.15) is 0 Å². The number of carboxylic acid groups (broad SMARTS) is 1. The maximum absolute atomic E-state index is 11.0. The number of aromatic amines is 1. The molecule has 0 aliphatic rings. The summed E-state index contributed by atoms with van der Waals surface area (Å²) in [6.07, 6.45) is 4.51. The van der Waals surface area contributed by atoms with Crippen LogP contribution in [0, 0.1) is 0 Å². The van der Waals surface area contributed by atoms with Gasteiger partial charge in [-0.15, -0.1) is 0 Å². The average molecular weight is 229 g/mol. The molecule has 0 atom stereocenters. The van der Waals surface area contributed by atoms with Crippen LogP contribution >= 0.6 is 0 Å². The molecule has 3 heteroatoms. The maximum Gasteiger partial charge on any atom is 0.337 e. The average Bonchev–Trinajstić information content (AvgIpc) is 2.70. The number of benzene rings is 1. The van der Waals surface area contributed by atoms with Crippen LogP contribution in [0.25, 0.3) is 10.9 Å². The second-order valence-corrected chi connectivity index (χ2v) is 4.33. The summed E-state index contributed by atoms with van der Waals surface area (Å²) in [5, 5.41) is 9.82. The van der Waals surface area contributed by atoms with E-state index >= 15 is 0 Å². The lowest BCUT2D eigenvalue weighted by Crippen LogP contribution is -1.93. The van der Waals surface area contributed by atoms with Crippen LogP contribution in [-0.4, -0.2) is 16.1 Å². The molecule has 2 aromatic rings. The Kier molecular flexibility index (Phi) is 3.00. The molecule has 0 bridgehead atoms. The minimum Gasteiger partial charge on any atom is -0.478 e. The van der Waals surface area contributed by atoms with E-state index in [0.29, 0.717) is 5.56 Å². The topological polar surface area (TPSA) is 53.1 Å². The zero-order valence-electron chi connectivity index (χ0n) is 9.95. The molecule has 0 saturated heterocycles. The Bertz CT molecular complexity index is 589. The number of carboxylic acids is 1. The van der Waals surface area contributed by atoms with Crippen molar-refractivity contribution >= 4 is 16.9 Å². The van der Waals surface area contributed by atoms with Crippen molar-refractivity contribution in [1.82, 2.24) is 4.98 Å². The van der Waals surface area contributed by atoms with Gasteiger partial charge in [0.05, 0.1) is 5.56 Å². The van der Waals surface area contributed by atoms with Crippen molar-refractivity contribution < 1.29 is 9.90 Å². The summed E-state index contributed by atoms with van der Waals surface area (Å²) in [5.41, 5.74) is 3.63. The molecule has 1 aromatic carbocycles. The lowest BCUT2D eigenvalue weighted by Gasteiger charge is -2.00. The van der Waals surface area contributed by atoms with Gasteiger partial charge < -0.3 is 10.1 Å². The number of para-hydroxylation sites is 1. The largest absolute Gasteiger partial charge is 0.478 e. The Labute approximate surface area is 99.8 Å². The van der Waals surface area contributed by atoms with Crippen molar-refractivity contribution in [3.8, 4) is 0 Å². The first-order valence-corrected chi connectivity index (χ1v) is 5.55. The molecule has 0 fully saturated rings. The molecule has 0 spiro atoms. The molecule has 0 radical (unpaired) electrons. The molecule has 0 unspecified atom stereocenters. The van der Waals surface area contributed by atoms with Crippen LogP contribution in [-0.2, 0) is 6.42 Å². The standard InChI is InChI=1S/C14H15NO2/c1-9(2)6-7-10-4-3-5-11-12(14(16)17)8-15-13(10)11/h3-6,8,15H,7H2,1-2H3,(H,16,17). The fourth-order valence-corrected chi connectivity index (χ4v) is 1.88. The Balaban J connectivity index is 2.52. The Hall–Kier alpha value is -2.03. The smallest absolute Gasteiger partial charge is 0.337 e. The van der Waals surface area contributed by atoms with Crippen LogP contribution in [0.3, 0.4) is 0 Å². The van der Waals surface area contributed by atoms with Crippen LogP contribution < -0.4 is 0 Å². The van der Waals surface area contributed by atoms with Gasteiger partial charge >= 0.3 is 5.97 Å². The fourth-order valence-electron chi connectivity index (χ4n) is 1.88. The third-order valence-corrected chi connectivity index (χ3v) is 2.76. The van der Waals surface area contributed by atoms with E-state index in [0.717, 1.165) is 22.9 Å². The molecule has 0 saturated carbocycles. The molecule has 17 heavy (non-hydrogen) atoms. The summed E-state index contributed by atoms with van der Waals surface area (Å²) in [5.74, 6) is -0.893. The van der Waals surface area contributed by atoms with Gasteiger partial charge in [0.15, 0.2) is 0 Å². The van der Waals surface area contributed by atoms with Crippen molar-refractivity contribution in [1.29, 1.82) is 0 Å². The van der Waals surface area contributed by atoms with Gasteiger partial charge in [-0.25, -0.2) is 4.79 Å². The molecule has 1 heterocycles. The van der Waals surface area contributed by atoms with Gasteiger partial charge in [-0.2, -0.15) is 0 Å². The minimum absolute atomic E-state index is 0.332. The van der Waals surface area contributed by atoms with Gasteiger partial charge in [-0.05, 0) is 25.8 Å². The normalized spacial score (nSPS) is 10.5. The van der Waals surface area contributed by atoms with Gasteiger partial charge in [0.2, 0.25) is 0 Å². The number of allylic oxidation sites excluding steroid dienone is 2. The van der Waals surface area contributed by atoms with Crippen molar-refractivity contribution in [2.24, 2.45) is 0 Å². The quantitative estimate of drug-likeness (QED) is 0.793. The van der Waals surface area contributed by atoms with Crippen LogP contribution in [0.5, 0.6) is 0 Å². The predicted molar refractivity (Wildman–Crippen MR) is 68.4 cm³/mol. The zero-order valence-corrected chi connectivity index (χ0v) is 9.95. The fraction of sp³-hybridized carbons (Fsp3) is 0.214. The minimum atomic E-state index is -0.893. The lowest BCUT2D eigenvalue weighted by atomic mass is 10.1. The van der Waals surface area contributed by atoms with E-state index in [4.69, 9.17) is 5.11 Å². The number of H-pyrrole nitrogens is 1. The molecular formula is C14H15NO2. The molecule has 0 amide bonds. The molecular weight excluding hydrogens is 214 g/mol. The molecule has 0 aliphatic carbocycles. The van der Waals surface area contributed by atoms with Gasteiger partial charge in [-0.1, -0.05) is 29.8 Å². The van der Waals surface area contributed by atoms with E-state index in [2.05, 4.69) is 24.9 Å². The van der Waals surface area contributed by atoms with Crippen molar-refractivity contribution in [2.75, 3.05) is 0 Å². The van der Waals surface area contributed by atoms with E-state index in [9.17, 15) is 4.79 Å². The molecule has 0 aliphatic heterocycles. The van der Waals surface area contributed by atoms with E-state index < -0.39 is 5.97 Å². The SMILES string of the molecule is CC(C)=CCc1cccc2c(C(=O)O)c[nH]c12. The summed E-state index contributed by atoms with van der Waals surface area (Å²) in [4.78, 5) is 14.1. The predicted octanol–water partition coefficient (Wildman–Crippen LogP) is 3.37. The van der Waals surface area contributed by atoms with Gasteiger partial charge in [0.25, 0.3) is 0 Å². The number of aromatic carboxylic acids is 1. The third-order valence-electron chi connectivity index (χ3n) is 2.76. The number of aromatic nitrogens is 1. The summed E-state index contributed by atoms with van der Waals surface area (Å²) in [6, 6.07) is 5.75. The highest BCUT2D eigenvalue weighted by molar-refractivity contribution is 6.03. The number of carbonyl (C=O) groups is 1. The second-order valence-electron chi connectivity index (χ2n) is 4.33. The Morgan fingerprint density at radius 1 is 1.41 bits per heavy atom. The van der Waals surface area contributed by atoms with E-state index in [1.165, 1.54) is 5.57 Å². The van der Waals surface area contributed by atoms with Crippen LogP contribution in [0.2, 0.25) is 0 Å². The summed E-state index contributed by atoms with van der Waals surface area (Å²) >= 11 is 0. The number of fused-ring (bicyclic) bond motifs is 1. The first-order valence-electron chi connectivity index (χ1n) is 5.55. The monoisotopic (exact) mass is 229 g/mol. The zero-order chi connectivity index (χ0) is 12.4. The van der Waals surface area contributed by atoms with Crippen molar-refractivity contribution in [3.63, 3.8) is 0 Å². The van der Waals surface area contributed by atoms with Crippen LogP contribution in [0.4, 0.5) is 0 Å². The molecule has 1 aromatic heterocycles. The highest BCUT2D eigenvalue weighted by Crippen LogP contribution is 2.22. The molecule has 2 N–H and O–H groups in total. The third kappa shape index (κ3) is 2.23. The summed E-state index contributed by atoms with van der Waals surface area (Å²) in [7, 11) is 0. The second kappa shape index (κ2) is 4.45. The molecule has 2 rings (SSSR count). The van der Waals surface area contributed by atoms with E-state index in [1.807, 2.05) is 18.2 Å². The lowest BCUT2D eigenvalue weighted by molar-refractivity contribution is 0.0699. The van der Waals surface area contributed by atoms with Gasteiger partial charge in [0, 0.05) is 17.1 Å².